The molecule has 0 saturated heterocycles. The van der Waals surface area contributed by atoms with E-state index in [9.17, 15) is 4.39 Å². The summed E-state index contributed by atoms with van der Waals surface area (Å²) in [6.07, 6.45) is -0.163. The van der Waals surface area contributed by atoms with Gasteiger partial charge < -0.3 is 16.2 Å². The molecule has 0 aliphatic rings. The number of anilines is 1. The molecule has 0 fully saturated rings. The van der Waals surface area contributed by atoms with Crippen LogP contribution in [0.3, 0.4) is 0 Å². The molecular formula is C9H13FN2O. The molecule has 0 amide bonds. The maximum atomic E-state index is 12.7. The van der Waals surface area contributed by atoms with Gasteiger partial charge in [-0.2, -0.15) is 0 Å². The Labute approximate surface area is 76.5 Å². The van der Waals surface area contributed by atoms with Crippen LogP contribution < -0.4 is 16.2 Å². The molecule has 0 bridgehead atoms. The molecule has 1 aromatic carbocycles. The zero-order chi connectivity index (χ0) is 9.84. The summed E-state index contributed by atoms with van der Waals surface area (Å²) < 4.78 is 18.0. The molecule has 1 rings (SSSR count). The summed E-state index contributed by atoms with van der Waals surface area (Å²) in [4.78, 5) is 0. The minimum absolute atomic E-state index is 0.163. The summed E-state index contributed by atoms with van der Waals surface area (Å²) in [5.74, 6) is -0.0219. The molecule has 1 aromatic rings. The van der Waals surface area contributed by atoms with E-state index in [1.165, 1.54) is 18.2 Å². The lowest BCUT2D eigenvalue weighted by Gasteiger charge is -2.13. The smallest absolute Gasteiger partial charge is 0.145 e. The van der Waals surface area contributed by atoms with E-state index in [0.717, 1.165) is 0 Å². The van der Waals surface area contributed by atoms with Gasteiger partial charge in [-0.3, -0.25) is 0 Å². The number of rotatable bonds is 3. The highest BCUT2D eigenvalue weighted by atomic mass is 19.1. The van der Waals surface area contributed by atoms with Crippen LogP contribution in [0.4, 0.5) is 10.1 Å². The Morgan fingerprint density at radius 3 is 2.85 bits per heavy atom. The van der Waals surface area contributed by atoms with Gasteiger partial charge in [0, 0.05) is 12.6 Å². The van der Waals surface area contributed by atoms with Gasteiger partial charge in [-0.1, -0.05) is 0 Å². The molecule has 0 radical (unpaired) electrons. The summed E-state index contributed by atoms with van der Waals surface area (Å²) in [6.45, 7) is 2.17. The SMILES string of the molecule is CC(CN)Oc1cc(F)ccc1N. The number of hydrogen-bond donors (Lipinski definition) is 2. The maximum absolute atomic E-state index is 12.7. The summed E-state index contributed by atoms with van der Waals surface area (Å²) in [5, 5.41) is 0. The predicted octanol–water partition coefficient (Wildman–Crippen LogP) is 1.13. The van der Waals surface area contributed by atoms with Crippen molar-refractivity contribution in [2.45, 2.75) is 13.0 Å². The normalized spacial score (nSPS) is 12.5. The van der Waals surface area contributed by atoms with Crippen LogP contribution in [0.5, 0.6) is 5.75 Å². The number of halogens is 1. The summed E-state index contributed by atoms with van der Waals surface area (Å²) in [7, 11) is 0. The zero-order valence-corrected chi connectivity index (χ0v) is 7.46. The Bertz CT molecular complexity index is 291. The van der Waals surface area contributed by atoms with Crippen molar-refractivity contribution in [3.05, 3.63) is 24.0 Å². The van der Waals surface area contributed by atoms with E-state index in [1.54, 1.807) is 6.92 Å². The molecule has 0 aromatic heterocycles. The van der Waals surface area contributed by atoms with Gasteiger partial charge in [-0.05, 0) is 19.1 Å². The van der Waals surface area contributed by atoms with Gasteiger partial charge in [0.1, 0.15) is 17.7 Å². The Hall–Kier alpha value is -1.29. The fraction of sp³-hybridized carbons (Fsp3) is 0.333. The minimum atomic E-state index is -0.367. The van der Waals surface area contributed by atoms with Gasteiger partial charge in [0.25, 0.3) is 0 Å². The third-order valence-electron chi connectivity index (χ3n) is 1.64. The van der Waals surface area contributed by atoms with Crippen LogP contribution in [0.1, 0.15) is 6.92 Å². The zero-order valence-electron chi connectivity index (χ0n) is 7.46. The molecule has 72 valence electrons. The molecule has 13 heavy (non-hydrogen) atoms. The van der Waals surface area contributed by atoms with Gasteiger partial charge in [0.15, 0.2) is 0 Å². The van der Waals surface area contributed by atoms with Gasteiger partial charge in [-0.25, -0.2) is 4.39 Å². The summed E-state index contributed by atoms with van der Waals surface area (Å²) >= 11 is 0. The monoisotopic (exact) mass is 184 g/mol. The fourth-order valence-corrected chi connectivity index (χ4v) is 0.875. The summed E-state index contributed by atoms with van der Waals surface area (Å²) in [6, 6.07) is 4.00. The number of hydrogen-bond acceptors (Lipinski definition) is 3. The third-order valence-corrected chi connectivity index (χ3v) is 1.64. The average molecular weight is 184 g/mol. The lowest BCUT2D eigenvalue weighted by molar-refractivity contribution is 0.230. The van der Waals surface area contributed by atoms with Gasteiger partial charge in [0.05, 0.1) is 5.69 Å². The largest absolute Gasteiger partial charge is 0.487 e. The number of ether oxygens (including phenoxy) is 1. The maximum Gasteiger partial charge on any atom is 0.145 e. The van der Waals surface area contributed by atoms with E-state index in [4.69, 9.17) is 16.2 Å². The first-order chi connectivity index (χ1) is 6.13. The minimum Gasteiger partial charge on any atom is -0.487 e. The second-order valence-corrected chi connectivity index (χ2v) is 2.85. The van der Waals surface area contributed by atoms with E-state index < -0.39 is 0 Å². The molecule has 3 nitrogen and oxygen atoms in total. The Kier molecular flexibility index (Phi) is 3.08. The highest BCUT2D eigenvalue weighted by molar-refractivity contribution is 5.52. The van der Waals surface area contributed by atoms with Gasteiger partial charge >= 0.3 is 0 Å². The number of nitrogens with two attached hydrogens (primary N) is 2. The third kappa shape index (κ3) is 2.59. The molecule has 4 N–H and O–H groups in total. The predicted molar refractivity (Wildman–Crippen MR) is 50.0 cm³/mol. The Morgan fingerprint density at radius 1 is 1.54 bits per heavy atom. The molecule has 0 saturated carbocycles. The van der Waals surface area contributed by atoms with Crippen molar-refractivity contribution in [2.24, 2.45) is 5.73 Å². The van der Waals surface area contributed by atoms with Crippen LogP contribution in [-0.4, -0.2) is 12.6 Å². The number of benzene rings is 1. The Balaban J connectivity index is 2.81. The van der Waals surface area contributed by atoms with Crippen LogP contribution in [0.15, 0.2) is 18.2 Å². The molecule has 0 aliphatic carbocycles. The van der Waals surface area contributed by atoms with E-state index in [0.29, 0.717) is 18.0 Å². The van der Waals surface area contributed by atoms with Crippen molar-refractivity contribution in [3.8, 4) is 5.75 Å². The highest BCUT2D eigenvalue weighted by Crippen LogP contribution is 2.22. The van der Waals surface area contributed by atoms with Crippen molar-refractivity contribution in [2.75, 3.05) is 12.3 Å². The van der Waals surface area contributed by atoms with Crippen molar-refractivity contribution in [3.63, 3.8) is 0 Å². The topological polar surface area (TPSA) is 61.3 Å². The standard InChI is InChI=1S/C9H13FN2O/c1-6(5-11)13-9-4-7(10)2-3-8(9)12/h2-4,6H,5,11-12H2,1H3. The molecule has 0 heterocycles. The van der Waals surface area contributed by atoms with Gasteiger partial charge in [0.2, 0.25) is 0 Å². The molecule has 1 atom stereocenters. The van der Waals surface area contributed by atoms with Crippen molar-refractivity contribution < 1.29 is 9.13 Å². The average Bonchev–Trinajstić information content (AvgIpc) is 2.11. The van der Waals surface area contributed by atoms with E-state index >= 15 is 0 Å². The fourth-order valence-electron chi connectivity index (χ4n) is 0.875. The molecule has 0 aliphatic heterocycles. The Morgan fingerprint density at radius 2 is 2.23 bits per heavy atom. The van der Waals surface area contributed by atoms with Crippen LogP contribution in [0.25, 0.3) is 0 Å². The molecular weight excluding hydrogens is 171 g/mol. The highest BCUT2D eigenvalue weighted by Gasteiger charge is 2.05. The van der Waals surface area contributed by atoms with Crippen LogP contribution in [0, 0.1) is 5.82 Å². The van der Waals surface area contributed by atoms with E-state index in [-0.39, 0.29) is 11.9 Å². The molecule has 4 heteroatoms. The molecule has 0 spiro atoms. The van der Waals surface area contributed by atoms with E-state index in [2.05, 4.69) is 0 Å². The molecule has 1 unspecified atom stereocenters. The second-order valence-electron chi connectivity index (χ2n) is 2.85. The van der Waals surface area contributed by atoms with Crippen LogP contribution in [-0.2, 0) is 0 Å². The first kappa shape index (κ1) is 9.80. The first-order valence-electron chi connectivity index (χ1n) is 4.05. The van der Waals surface area contributed by atoms with Gasteiger partial charge in [-0.15, -0.1) is 0 Å². The quantitative estimate of drug-likeness (QED) is 0.692. The summed E-state index contributed by atoms with van der Waals surface area (Å²) in [5.41, 5.74) is 11.3. The van der Waals surface area contributed by atoms with Crippen molar-refractivity contribution in [1.29, 1.82) is 0 Å². The number of nitrogen functional groups attached to an aromatic ring is 1. The van der Waals surface area contributed by atoms with Crippen molar-refractivity contribution >= 4 is 5.69 Å². The second kappa shape index (κ2) is 4.09. The van der Waals surface area contributed by atoms with Crippen molar-refractivity contribution in [1.82, 2.24) is 0 Å². The van der Waals surface area contributed by atoms with Crippen LogP contribution in [0.2, 0.25) is 0 Å². The van der Waals surface area contributed by atoms with Crippen LogP contribution >= 0.6 is 0 Å². The lowest BCUT2D eigenvalue weighted by atomic mass is 10.3. The lowest BCUT2D eigenvalue weighted by Crippen LogP contribution is -2.23. The first-order valence-corrected chi connectivity index (χ1v) is 4.05. The van der Waals surface area contributed by atoms with E-state index in [1.807, 2.05) is 0 Å².